The van der Waals surface area contributed by atoms with Gasteiger partial charge in [0.05, 0.1) is 18.4 Å². The maximum atomic E-state index is 12.6. The lowest BCUT2D eigenvalue weighted by atomic mass is 10.1. The molecule has 3 rings (SSSR count). The quantitative estimate of drug-likeness (QED) is 0.733. The van der Waals surface area contributed by atoms with E-state index < -0.39 is 0 Å². The van der Waals surface area contributed by atoms with Gasteiger partial charge in [-0.3, -0.25) is 4.79 Å². The summed E-state index contributed by atoms with van der Waals surface area (Å²) in [5, 5.41) is 7.87. The zero-order valence-corrected chi connectivity index (χ0v) is 16.5. The average molecular weight is 376 g/mol. The molecule has 0 bridgehead atoms. The van der Waals surface area contributed by atoms with Crippen molar-refractivity contribution in [1.29, 1.82) is 0 Å². The first-order valence-corrected chi connectivity index (χ1v) is 9.59. The maximum Gasteiger partial charge on any atom is 0.259 e. The van der Waals surface area contributed by atoms with Crippen LogP contribution in [0.1, 0.15) is 60.2 Å². The highest BCUT2D eigenvalue weighted by Crippen LogP contribution is 2.20. The molecular weight excluding hydrogens is 348 g/mol. The fourth-order valence-corrected chi connectivity index (χ4v) is 3.31. The average Bonchev–Trinajstić information content (AvgIpc) is 3.20. The summed E-state index contributed by atoms with van der Waals surface area (Å²) in [5.41, 5.74) is 1.23. The summed E-state index contributed by atoms with van der Waals surface area (Å²) in [4.78, 5) is 18.9. The molecule has 1 aliphatic rings. The SMILES string of the molecule is Cc1noc(C)c1C(=O)N1CCC(OCCc2noc(CC(C)C)n2)CC1. The molecule has 27 heavy (non-hydrogen) atoms. The normalized spacial score (nSPS) is 15.7. The summed E-state index contributed by atoms with van der Waals surface area (Å²) in [6.45, 7) is 9.72. The number of piperidine rings is 1. The third-order valence-electron chi connectivity index (χ3n) is 4.75. The first-order chi connectivity index (χ1) is 12.9. The van der Waals surface area contributed by atoms with Gasteiger partial charge in [-0.15, -0.1) is 0 Å². The van der Waals surface area contributed by atoms with Gasteiger partial charge in [0.25, 0.3) is 5.91 Å². The number of hydrogen-bond acceptors (Lipinski definition) is 7. The number of ether oxygens (including phenoxy) is 1. The molecule has 2 aromatic rings. The van der Waals surface area contributed by atoms with Crippen LogP contribution in [0.15, 0.2) is 9.05 Å². The van der Waals surface area contributed by atoms with E-state index in [4.69, 9.17) is 13.8 Å². The molecular formula is C19H28N4O4. The second kappa shape index (κ2) is 8.65. The minimum atomic E-state index is -0.00539. The smallest absolute Gasteiger partial charge is 0.259 e. The molecule has 1 saturated heterocycles. The van der Waals surface area contributed by atoms with Crippen molar-refractivity contribution in [3.63, 3.8) is 0 Å². The van der Waals surface area contributed by atoms with Crippen LogP contribution in [-0.2, 0) is 17.6 Å². The Morgan fingerprint density at radius 2 is 1.96 bits per heavy atom. The molecule has 1 amide bonds. The number of rotatable bonds is 7. The Morgan fingerprint density at radius 1 is 1.22 bits per heavy atom. The topological polar surface area (TPSA) is 94.5 Å². The van der Waals surface area contributed by atoms with E-state index in [2.05, 4.69) is 29.1 Å². The highest BCUT2D eigenvalue weighted by Gasteiger charge is 2.27. The zero-order valence-electron chi connectivity index (χ0n) is 16.5. The molecule has 148 valence electrons. The molecule has 8 nitrogen and oxygen atoms in total. The van der Waals surface area contributed by atoms with E-state index in [-0.39, 0.29) is 12.0 Å². The summed E-state index contributed by atoms with van der Waals surface area (Å²) in [6.07, 6.45) is 3.23. The Labute approximate surface area is 159 Å². The molecule has 3 heterocycles. The maximum absolute atomic E-state index is 12.6. The molecule has 1 fully saturated rings. The number of amides is 1. The van der Waals surface area contributed by atoms with Crippen LogP contribution in [0.3, 0.4) is 0 Å². The first-order valence-electron chi connectivity index (χ1n) is 9.59. The minimum Gasteiger partial charge on any atom is -0.378 e. The largest absolute Gasteiger partial charge is 0.378 e. The summed E-state index contributed by atoms with van der Waals surface area (Å²) >= 11 is 0. The zero-order chi connectivity index (χ0) is 19.4. The predicted octanol–water partition coefficient (Wildman–Crippen LogP) is 2.74. The predicted molar refractivity (Wildman–Crippen MR) is 97.4 cm³/mol. The van der Waals surface area contributed by atoms with E-state index in [0.717, 1.165) is 19.3 Å². The number of nitrogens with zero attached hydrogens (tertiary/aromatic N) is 4. The van der Waals surface area contributed by atoms with E-state index in [9.17, 15) is 4.79 Å². The van der Waals surface area contributed by atoms with Gasteiger partial charge in [-0.05, 0) is 32.6 Å². The molecule has 0 aliphatic carbocycles. The Balaban J connectivity index is 1.41. The molecule has 0 atom stereocenters. The van der Waals surface area contributed by atoms with E-state index in [0.29, 0.717) is 60.8 Å². The van der Waals surface area contributed by atoms with Gasteiger partial charge >= 0.3 is 0 Å². The number of hydrogen-bond donors (Lipinski definition) is 0. The summed E-state index contributed by atoms with van der Waals surface area (Å²) < 4.78 is 16.3. The van der Waals surface area contributed by atoms with Crippen LogP contribution >= 0.6 is 0 Å². The van der Waals surface area contributed by atoms with Crippen molar-refractivity contribution in [2.75, 3.05) is 19.7 Å². The van der Waals surface area contributed by atoms with Gasteiger partial charge in [-0.2, -0.15) is 4.98 Å². The number of carbonyl (C=O) groups excluding carboxylic acids is 1. The molecule has 2 aromatic heterocycles. The molecule has 0 spiro atoms. The number of aryl methyl sites for hydroxylation is 2. The fourth-order valence-electron chi connectivity index (χ4n) is 3.31. The molecule has 0 N–H and O–H groups in total. The molecule has 0 aromatic carbocycles. The summed E-state index contributed by atoms with van der Waals surface area (Å²) in [7, 11) is 0. The van der Waals surface area contributed by atoms with E-state index in [1.165, 1.54) is 0 Å². The fraction of sp³-hybridized carbons (Fsp3) is 0.684. The third-order valence-corrected chi connectivity index (χ3v) is 4.75. The van der Waals surface area contributed by atoms with Crippen LogP contribution in [-0.4, -0.2) is 51.9 Å². The lowest BCUT2D eigenvalue weighted by Gasteiger charge is -2.31. The lowest BCUT2D eigenvalue weighted by Crippen LogP contribution is -2.41. The lowest BCUT2D eigenvalue weighted by molar-refractivity contribution is 0.00942. The highest BCUT2D eigenvalue weighted by atomic mass is 16.5. The highest BCUT2D eigenvalue weighted by molar-refractivity contribution is 5.96. The monoisotopic (exact) mass is 376 g/mol. The molecule has 8 heteroatoms. The van der Waals surface area contributed by atoms with Crippen molar-refractivity contribution >= 4 is 5.91 Å². The van der Waals surface area contributed by atoms with Crippen LogP contribution in [0, 0.1) is 19.8 Å². The van der Waals surface area contributed by atoms with E-state index in [1.807, 2.05) is 4.90 Å². The second-order valence-corrected chi connectivity index (χ2v) is 7.51. The Hall–Kier alpha value is -2.22. The number of likely N-dealkylation sites (tertiary alicyclic amines) is 1. The number of aromatic nitrogens is 3. The minimum absolute atomic E-state index is 0.00539. The van der Waals surface area contributed by atoms with Crippen LogP contribution < -0.4 is 0 Å². The summed E-state index contributed by atoms with van der Waals surface area (Å²) in [6, 6.07) is 0. The van der Waals surface area contributed by atoms with Crippen LogP contribution in [0.25, 0.3) is 0 Å². The van der Waals surface area contributed by atoms with E-state index in [1.54, 1.807) is 13.8 Å². The van der Waals surface area contributed by atoms with Gasteiger partial charge in [-0.25, -0.2) is 0 Å². The van der Waals surface area contributed by atoms with Gasteiger partial charge in [0, 0.05) is 25.9 Å². The van der Waals surface area contributed by atoms with E-state index >= 15 is 0 Å². The Morgan fingerprint density at radius 3 is 2.59 bits per heavy atom. The van der Waals surface area contributed by atoms with Crippen molar-refractivity contribution in [2.24, 2.45) is 5.92 Å². The number of carbonyl (C=O) groups is 1. The Bertz CT molecular complexity index is 740. The van der Waals surface area contributed by atoms with Crippen molar-refractivity contribution in [2.45, 2.75) is 59.5 Å². The standard InChI is InChI=1S/C19H28N4O4/c1-12(2)11-17-20-16(22-27-17)7-10-25-15-5-8-23(9-6-15)19(24)18-13(3)21-26-14(18)4/h12,15H,5-11H2,1-4H3. The van der Waals surface area contributed by atoms with Crippen LogP contribution in [0.5, 0.6) is 0 Å². The van der Waals surface area contributed by atoms with Crippen LogP contribution in [0.4, 0.5) is 0 Å². The molecule has 1 aliphatic heterocycles. The summed E-state index contributed by atoms with van der Waals surface area (Å²) in [5.74, 6) is 2.44. The van der Waals surface area contributed by atoms with Crippen molar-refractivity contribution < 1.29 is 18.6 Å². The molecule has 0 saturated carbocycles. The van der Waals surface area contributed by atoms with Gasteiger partial charge in [0.1, 0.15) is 11.3 Å². The molecule has 0 radical (unpaired) electrons. The van der Waals surface area contributed by atoms with Gasteiger partial charge in [0.15, 0.2) is 5.82 Å². The molecule has 0 unspecified atom stereocenters. The van der Waals surface area contributed by atoms with Crippen molar-refractivity contribution in [3.05, 3.63) is 28.7 Å². The van der Waals surface area contributed by atoms with Crippen molar-refractivity contribution in [3.8, 4) is 0 Å². The first kappa shape index (κ1) is 19.5. The van der Waals surface area contributed by atoms with Gasteiger partial charge < -0.3 is 18.7 Å². The van der Waals surface area contributed by atoms with Gasteiger partial charge in [0.2, 0.25) is 5.89 Å². The second-order valence-electron chi connectivity index (χ2n) is 7.51. The van der Waals surface area contributed by atoms with Crippen LogP contribution in [0.2, 0.25) is 0 Å². The third kappa shape index (κ3) is 4.94. The van der Waals surface area contributed by atoms with Crippen molar-refractivity contribution in [1.82, 2.24) is 20.2 Å². The van der Waals surface area contributed by atoms with Gasteiger partial charge in [-0.1, -0.05) is 24.2 Å². The Kier molecular flexibility index (Phi) is 6.26.